The Morgan fingerprint density at radius 3 is 2.45 bits per heavy atom. The zero-order chi connectivity index (χ0) is 20.6. The van der Waals surface area contributed by atoms with Crippen LogP contribution in [0, 0.1) is 6.92 Å². The van der Waals surface area contributed by atoms with Crippen LogP contribution in [0.5, 0.6) is 5.88 Å². The molecule has 2 heterocycles. The van der Waals surface area contributed by atoms with E-state index in [1.54, 1.807) is 25.1 Å². The number of benzene rings is 1. The van der Waals surface area contributed by atoms with Crippen molar-refractivity contribution in [2.75, 3.05) is 20.2 Å². The molecule has 2 aromatic heterocycles. The summed E-state index contributed by atoms with van der Waals surface area (Å²) in [7, 11) is 1.53. The van der Waals surface area contributed by atoms with Gasteiger partial charge in [-0.2, -0.15) is 0 Å². The monoisotopic (exact) mass is 394 g/mol. The van der Waals surface area contributed by atoms with Crippen LogP contribution in [-0.4, -0.2) is 42.2 Å². The topological polar surface area (TPSA) is 106 Å². The van der Waals surface area contributed by atoms with E-state index in [4.69, 9.17) is 9.26 Å². The molecule has 8 nitrogen and oxygen atoms in total. The maximum Gasteiger partial charge on any atom is 0.273 e. The minimum Gasteiger partial charge on any atom is -0.481 e. The average Bonchev–Trinajstić information content (AvgIpc) is 3.24. The van der Waals surface area contributed by atoms with Gasteiger partial charge in [-0.25, -0.2) is 4.98 Å². The fourth-order valence-corrected chi connectivity index (χ4v) is 2.69. The summed E-state index contributed by atoms with van der Waals surface area (Å²) in [6, 6.07) is 14.3. The lowest BCUT2D eigenvalue weighted by Gasteiger charge is -2.08. The van der Waals surface area contributed by atoms with Crippen molar-refractivity contribution in [3.8, 4) is 17.2 Å². The fourth-order valence-electron chi connectivity index (χ4n) is 2.69. The largest absolute Gasteiger partial charge is 0.481 e. The van der Waals surface area contributed by atoms with Gasteiger partial charge < -0.3 is 19.9 Å². The summed E-state index contributed by atoms with van der Waals surface area (Å²) >= 11 is 0. The summed E-state index contributed by atoms with van der Waals surface area (Å²) in [6.07, 6.45) is 0.573. The van der Waals surface area contributed by atoms with Gasteiger partial charge in [-0.3, -0.25) is 9.59 Å². The minimum atomic E-state index is -0.322. The van der Waals surface area contributed by atoms with Crippen LogP contribution in [0.2, 0.25) is 0 Å². The molecule has 2 amide bonds. The number of rotatable bonds is 8. The molecular weight excluding hydrogens is 372 g/mol. The van der Waals surface area contributed by atoms with Crippen LogP contribution in [0.25, 0.3) is 11.3 Å². The van der Waals surface area contributed by atoms with Crippen molar-refractivity contribution >= 4 is 11.8 Å². The molecule has 29 heavy (non-hydrogen) atoms. The van der Waals surface area contributed by atoms with Gasteiger partial charge in [0, 0.05) is 30.8 Å². The van der Waals surface area contributed by atoms with Crippen molar-refractivity contribution in [3.05, 3.63) is 65.5 Å². The lowest BCUT2D eigenvalue weighted by atomic mass is 10.1. The fraction of sp³-hybridized carbons (Fsp3) is 0.238. The number of hydrogen-bond donors (Lipinski definition) is 2. The number of nitrogens with one attached hydrogen (secondary N) is 2. The molecule has 0 aliphatic heterocycles. The maximum atomic E-state index is 12.2. The Morgan fingerprint density at radius 1 is 1.03 bits per heavy atom. The highest BCUT2D eigenvalue weighted by Crippen LogP contribution is 2.19. The normalized spacial score (nSPS) is 10.4. The number of amides is 2. The summed E-state index contributed by atoms with van der Waals surface area (Å²) in [5.41, 5.74) is 2.15. The number of pyridine rings is 1. The Kier molecular flexibility index (Phi) is 6.57. The molecule has 3 aromatic rings. The Morgan fingerprint density at radius 2 is 1.76 bits per heavy atom. The summed E-state index contributed by atoms with van der Waals surface area (Å²) in [6.45, 7) is 2.56. The molecule has 1 aromatic carbocycles. The number of ether oxygens (including phenoxy) is 1. The molecule has 0 atom stereocenters. The Bertz CT molecular complexity index is 985. The molecule has 0 unspecified atom stereocenters. The van der Waals surface area contributed by atoms with E-state index in [1.165, 1.54) is 7.11 Å². The molecule has 150 valence electrons. The summed E-state index contributed by atoms with van der Waals surface area (Å²) < 4.78 is 10.3. The maximum absolute atomic E-state index is 12.2. The zero-order valence-electron chi connectivity index (χ0n) is 16.3. The number of aryl methyl sites for hydroxylation is 1. The van der Waals surface area contributed by atoms with Gasteiger partial charge in [0.15, 0.2) is 11.5 Å². The van der Waals surface area contributed by atoms with Crippen molar-refractivity contribution < 1.29 is 18.8 Å². The second-order valence-electron chi connectivity index (χ2n) is 6.29. The molecule has 0 saturated heterocycles. The van der Waals surface area contributed by atoms with Gasteiger partial charge in [0.1, 0.15) is 0 Å². The van der Waals surface area contributed by atoms with Gasteiger partial charge in [-0.1, -0.05) is 35.5 Å². The van der Waals surface area contributed by atoms with Crippen LogP contribution in [0.1, 0.15) is 33.0 Å². The third kappa shape index (κ3) is 5.19. The molecule has 0 radical (unpaired) electrons. The Hall–Kier alpha value is -3.68. The SMILES string of the molecule is COc1ccc(C(=O)NCCCNC(=O)c2cc(-c3ccccc3)on2)c(C)n1. The van der Waals surface area contributed by atoms with Crippen LogP contribution in [0.4, 0.5) is 0 Å². The van der Waals surface area contributed by atoms with Crippen LogP contribution < -0.4 is 15.4 Å². The molecular formula is C21H22N4O4. The van der Waals surface area contributed by atoms with Gasteiger partial charge in [0.05, 0.1) is 18.4 Å². The predicted octanol–water partition coefficient (Wildman–Crippen LogP) is 2.60. The highest BCUT2D eigenvalue weighted by atomic mass is 16.5. The number of nitrogens with zero attached hydrogens (tertiary/aromatic N) is 2. The molecule has 0 saturated carbocycles. The van der Waals surface area contributed by atoms with E-state index in [9.17, 15) is 9.59 Å². The van der Waals surface area contributed by atoms with E-state index in [-0.39, 0.29) is 17.5 Å². The summed E-state index contributed by atoms with van der Waals surface area (Å²) in [5.74, 6) is 0.460. The molecule has 8 heteroatoms. The third-order valence-corrected chi connectivity index (χ3v) is 4.24. The van der Waals surface area contributed by atoms with Crippen molar-refractivity contribution in [2.45, 2.75) is 13.3 Å². The van der Waals surface area contributed by atoms with E-state index < -0.39 is 0 Å². The minimum absolute atomic E-state index is 0.215. The summed E-state index contributed by atoms with van der Waals surface area (Å²) in [5, 5.41) is 9.38. The van der Waals surface area contributed by atoms with Crippen molar-refractivity contribution in [1.82, 2.24) is 20.8 Å². The van der Waals surface area contributed by atoms with Crippen LogP contribution in [-0.2, 0) is 0 Å². The van der Waals surface area contributed by atoms with Gasteiger partial charge in [0.25, 0.3) is 11.8 Å². The number of carbonyl (C=O) groups excluding carboxylic acids is 2. The van der Waals surface area contributed by atoms with Gasteiger partial charge in [-0.15, -0.1) is 0 Å². The molecule has 0 bridgehead atoms. The standard InChI is InChI=1S/C21H22N4O4/c1-14-16(9-10-19(24-14)28-2)20(26)22-11-6-12-23-21(27)17-13-18(29-25-17)15-7-4-3-5-8-15/h3-5,7-10,13H,6,11-12H2,1-2H3,(H,22,26)(H,23,27). The van der Waals surface area contributed by atoms with Crippen LogP contribution >= 0.6 is 0 Å². The lowest BCUT2D eigenvalue weighted by Crippen LogP contribution is -2.30. The van der Waals surface area contributed by atoms with Gasteiger partial charge in [0.2, 0.25) is 5.88 Å². The first kappa shape index (κ1) is 20.1. The van der Waals surface area contributed by atoms with E-state index in [0.29, 0.717) is 42.4 Å². The van der Waals surface area contributed by atoms with Crippen molar-refractivity contribution in [2.24, 2.45) is 0 Å². The van der Waals surface area contributed by atoms with Crippen LogP contribution in [0.3, 0.4) is 0 Å². The lowest BCUT2D eigenvalue weighted by molar-refractivity contribution is 0.0944. The number of hydrogen-bond acceptors (Lipinski definition) is 6. The third-order valence-electron chi connectivity index (χ3n) is 4.24. The number of aromatic nitrogens is 2. The van der Waals surface area contributed by atoms with E-state index in [2.05, 4.69) is 20.8 Å². The van der Waals surface area contributed by atoms with Gasteiger partial charge >= 0.3 is 0 Å². The average molecular weight is 394 g/mol. The zero-order valence-corrected chi connectivity index (χ0v) is 16.3. The Labute approximate surface area is 168 Å². The van der Waals surface area contributed by atoms with Crippen LogP contribution in [0.15, 0.2) is 53.1 Å². The second kappa shape index (κ2) is 9.50. The Balaban J connectivity index is 1.42. The van der Waals surface area contributed by atoms with Crippen molar-refractivity contribution in [3.63, 3.8) is 0 Å². The highest BCUT2D eigenvalue weighted by Gasteiger charge is 2.13. The first-order valence-corrected chi connectivity index (χ1v) is 9.18. The first-order chi connectivity index (χ1) is 14.1. The predicted molar refractivity (Wildman–Crippen MR) is 107 cm³/mol. The van der Waals surface area contributed by atoms with Gasteiger partial charge in [-0.05, 0) is 19.4 Å². The second-order valence-corrected chi connectivity index (χ2v) is 6.29. The molecule has 0 aliphatic carbocycles. The number of carbonyl (C=O) groups is 2. The van der Waals surface area contributed by atoms with Crippen molar-refractivity contribution in [1.29, 1.82) is 0 Å². The molecule has 2 N–H and O–H groups in total. The first-order valence-electron chi connectivity index (χ1n) is 9.18. The molecule has 0 fully saturated rings. The quantitative estimate of drug-likeness (QED) is 0.569. The number of methoxy groups -OCH3 is 1. The molecule has 0 spiro atoms. The summed E-state index contributed by atoms with van der Waals surface area (Å²) in [4.78, 5) is 28.6. The molecule has 3 rings (SSSR count). The molecule has 0 aliphatic rings. The van der Waals surface area contributed by atoms with E-state index in [1.807, 2.05) is 30.3 Å². The smallest absolute Gasteiger partial charge is 0.273 e. The van der Waals surface area contributed by atoms with E-state index >= 15 is 0 Å². The highest BCUT2D eigenvalue weighted by molar-refractivity contribution is 5.95. The van der Waals surface area contributed by atoms with E-state index in [0.717, 1.165) is 5.56 Å².